The molecule has 0 aliphatic carbocycles. The molecule has 33 heavy (non-hydrogen) atoms. The van der Waals surface area contributed by atoms with Crippen LogP contribution in [0.4, 0.5) is 16.4 Å². The second-order valence-electron chi connectivity index (χ2n) is 5.79. The molecule has 0 radical (unpaired) electrons. The summed E-state index contributed by atoms with van der Waals surface area (Å²) < 4.78 is 18.1. The van der Waals surface area contributed by atoms with Crippen molar-refractivity contribution in [2.45, 2.75) is 41.5 Å². The molecule has 0 saturated carbocycles. The van der Waals surface area contributed by atoms with Gasteiger partial charge in [0.05, 0.1) is 23.1 Å². The molecule has 0 N–H and O–H groups in total. The lowest BCUT2D eigenvalue weighted by Gasteiger charge is -2.26. The minimum absolute atomic E-state index is 0. The van der Waals surface area contributed by atoms with Crippen molar-refractivity contribution in [1.29, 1.82) is 0 Å². The molecule has 0 bridgehead atoms. The van der Waals surface area contributed by atoms with Crippen LogP contribution in [-0.2, 0) is 9.47 Å². The van der Waals surface area contributed by atoms with Crippen LogP contribution in [0.2, 0.25) is 0 Å². The Hall–Kier alpha value is -1.31. The molecule has 0 spiro atoms. The number of hydrogen-bond donors (Lipinski definition) is 0. The Morgan fingerprint density at radius 3 is 1.70 bits per heavy atom. The summed E-state index contributed by atoms with van der Waals surface area (Å²) in [6.07, 6.45) is 6.45. The number of morpholine rings is 1. The van der Waals surface area contributed by atoms with Gasteiger partial charge in [-0.2, -0.15) is 18.6 Å². The zero-order valence-corrected chi connectivity index (χ0v) is 20.7. The summed E-state index contributed by atoms with van der Waals surface area (Å²) in [6.45, 7) is 4.64. The summed E-state index contributed by atoms with van der Waals surface area (Å²) in [5, 5.41) is 21.3. The lowest BCUT2D eigenvalue weighted by Crippen LogP contribution is -2.35. The number of aromatic nitrogens is 2. The highest BCUT2D eigenvalue weighted by Crippen LogP contribution is 2.32. The van der Waals surface area contributed by atoms with Gasteiger partial charge in [-0.1, -0.05) is 22.3 Å². The Morgan fingerprint density at radius 2 is 1.33 bits per heavy atom. The van der Waals surface area contributed by atoms with Crippen molar-refractivity contribution in [1.82, 2.24) is 8.75 Å². The molecule has 2 fully saturated rings. The largest absolute Gasteiger partial charge is 0.381 e. The minimum atomic E-state index is -0.479. The van der Waals surface area contributed by atoms with Crippen molar-refractivity contribution >= 4 is 65.3 Å². The fraction of sp³-hybridized carbons (Fsp3) is 0.667. The quantitative estimate of drug-likeness (QED) is 0.244. The van der Waals surface area contributed by atoms with Gasteiger partial charge >= 0.3 is 11.4 Å². The molecular formula is C18H35BrN5O6PS2. The van der Waals surface area contributed by atoms with Crippen LogP contribution < -0.4 is 4.90 Å². The maximum absolute atomic E-state index is 10.6. The number of anilines is 1. The first-order valence-electron chi connectivity index (χ1n) is 8.74. The van der Waals surface area contributed by atoms with Gasteiger partial charge in [-0.25, -0.2) is 0 Å². The van der Waals surface area contributed by atoms with Crippen LogP contribution in [-0.4, -0.2) is 58.1 Å². The summed E-state index contributed by atoms with van der Waals surface area (Å²) in [5.41, 5.74) is 0.122. The van der Waals surface area contributed by atoms with Crippen molar-refractivity contribution in [2.24, 2.45) is 0 Å². The highest BCUT2D eigenvalue weighted by molar-refractivity contribution is 9.11. The molecule has 1 atom stereocenters. The Kier molecular flexibility index (Phi) is 22.1. The maximum atomic E-state index is 10.6. The van der Waals surface area contributed by atoms with Crippen molar-refractivity contribution in [3.05, 3.63) is 36.4 Å². The van der Waals surface area contributed by atoms with Gasteiger partial charge in [0.1, 0.15) is 12.4 Å². The normalized spacial score (nSPS) is 14.2. The highest BCUT2D eigenvalue weighted by Gasteiger charge is 2.23. The van der Waals surface area contributed by atoms with Crippen LogP contribution in [0.15, 0.2) is 16.2 Å². The summed E-state index contributed by atoms with van der Waals surface area (Å²) >= 11 is 5.20. The van der Waals surface area contributed by atoms with E-state index < -0.39 is 9.85 Å². The van der Waals surface area contributed by atoms with Crippen LogP contribution in [0.25, 0.3) is 0 Å². The lowest BCUT2D eigenvalue weighted by atomic mass is 10.2. The molecule has 2 aromatic rings. The SMILES string of the molecule is C.C.C.C1CCOCC1.O=[N+]([O-])c1cnsc1Br.O=[N+]([O-])c1cnsc1N1CCOCC1.P. The average Bonchev–Trinajstić information content (AvgIpc) is 3.40. The second-order valence-corrected chi connectivity index (χ2v) is 8.69. The molecule has 2 saturated heterocycles. The molecule has 192 valence electrons. The topological polar surface area (TPSA) is 134 Å². The van der Waals surface area contributed by atoms with E-state index in [0.29, 0.717) is 35.1 Å². The van der Waals surface area contributed by atoms with E-state index in [1.165, 1.54) is 31.7 Å². The molecule has 2 aliphatic heterocycles. The van der Waals surface area contributed by atoms with Crippen LogP contribution in [0.5, 0.6) is 0 Å². The summed E-state index contributed by atoms with van der Waals surface area (Å²) in [7, 11) is 0. The molecule has 4 rings (SSSR count). The average molecular weight is 593 g/mol. The van der Waals surface area contributed by atoms with E-state index in [0.717, 1.165) is 36.3 Å². The third-order valence-corrected chi connectivity index (χ3v) is 6.08. The first kappa shape index (κ1) is 36.3. The summed E-state index contributed by atoms with van der Waals surface area (Å²) in [6, 6.07) is 0. The van der Waals surface area contributed by atoms with E-state index in [1.54, 1.807) is 0 Å². The van der Waals surface area contributed by atoms with Gasteiger partial charge in [-0.05, 0) is 58.3 Å². The number of rotatable bonds is 3. The zero-order chi connectivity index (χ0) is 21.1. The third kappa shape index (κ3) is 12.6. The van der Waals surface area contributed by atoms with Gasteiger partial charge in [0.2, 0.25) is 0 Å². The van der Waals surface area contributed by atoms with Crippen molar-refractivity contribution < 1.29 is 19.3 Å². The summed E-state index contributed by atoms with van der Waals surface area (Å²) in [5.74, 6) is 0. The third-order valence-electron chi connectivity index (χ3n) is 3.81. The van der Waals surface area contributed by atoms with Crippen molar-refractivity contribution in [3.63, 3.8) is 0 Å². The minimum Gasteiger partial charge on any atom is -0.381 e. The van der Waals surface area contributed by atoms with Gasteiger partial charge in [-0.3, -0.25) is 20.2 Å². The number of nitrogens with zero attached hydrogens (tertiary/aromatic N) is 5. The first-order valence-corrected chi connectivity index (χ1v) is 11.1. The van der Waals surface area contributed by atoms with E-state index in [1.807, 2.05) is 4.90 Å². The number of halogens is 1. The van der Waals surface area contributed by atoms with Crippen molar-refractivity contribution in [2.75, 3.05) is 44.4 Å². The standard InChI is InChI=1S/C7H9N3O3S.C5H10O.C3HBrN2O2S.3CH4.H3P/c11-10(12)6-5-8-14-7(6)9-1-3-13-4-2-9;1-2-4-6-5-3-1;4-3-2(6(7)8)1-5-9-3;;;;/h5H,1-4H2;1-5H2;1H;3*1H4;1H3. The first-order chi connectivity index (χ1) is 14.0. The monoisotopic (exact) mass is 591 g/mol. The number of ether oxygens (including phenoxy) is 2. The van der Waals surface area contributed by atoms with Gasteiger partial charge in [0.15, 0.2) is 8.79 Å². The van der Waals surface area contributed by atoms with E-state index >= 15 is 0 Å². The molecule has 2 aromatic heterocycles. The Balaban J connectivity index is -0.000000416. The van der Waals surface area contributed by atoms with Gasteiger partial charge in [0, 0.05) is 26.3 Å². The zero-order valence-electron chi connectivity index (χ0n) is 16.1. The highest BCUT2D eigenvalue weighted by atomic mass is 79.9. The second kappa shape index (κ2) is 20.1. The smallest absolute Gasteiger partial charge is 0.323 e. The lowest BCUT2D eigenvalue weighted by molar-refractivity contribution is -0.385. The van der Waals surface area contributed by atoms with Crippen molar-refractivity contribution in [3.8, 4) is 0 Å². The van der Waals surface area contributed by atoms with Crippen LogP contribution in [0, 0.1) is 20.2 Å². The number of hydrogen-bond acceptors (Lipinski definition) is 11. The van der Waals surface area contributed by atoms with E-state index in [2.05, 4.69) is 24.7 Å². The predicted molar refractivity (Wildman–Crippen MR) is 144 cm³/mol. The predicted octanol–water partition coefficient (Wildman–Crippen LogP) is 5.86. The molecule has 0 amide bonds. The molecule has 1 unspecified atom stereocenters. The Morgan fingerprint density at radius 1 is 0.848 bits per heavy atom. The van der Waals surface area contributed by atoms with Gasteiger partial charge in [0.25, 0.3) is 0 Å². The fourth-order valence-corrected chi connectivity index (χ4v) is 4.10. The fourth-order valence-electron chi connectivity index (χ4n) is 2.37. The van der Waals surface area contributed by atoms with Gasteiger partial charge < -0.3 is 14.4 Å². The van der Waals surface area contributed by atoms with Crippen LogP contribution in [0.3, 0.4) is 0 Å². The molecule has 15 heteroatoms. The van der Waals surface area contributed by atoms with E-state index in [4.69, 9.17) is 9.47 Å². The van der Waals surface area contributed by atoms with Crippen LogP contribution in [0.1, 0.15) is 41.5 Å². The van der Waals surface area contributed by atoms with E-state index in [-0.39, 0.29) is 43.6 Å². The molecular weight excluding hydrogens is 557 g/mol. The van der Waals surface area contributed by atoms with E-state index in [9.17, 15) is 20.2 Å². The molecule has 0 aromatic carbocycles. The Labute approximate surface area is 215 Å². The Bertz CT molecular complexity index is 776. The summed E-state index contributed by atoms with van der Waals surface area (Å²) in [4.78, 5) is 21.7. The molecule has 4 heterocycles. The maximum Gasteiger partial charge on any atom is 0.323 e. The molecule has 2 aliphatic rings. The molecule has 11 nitrogen and oxygen atoms in total. The number of nitro groups is 2. The van der Waals surface area contributed by atoms with Gasteiger partial charge in [-0.15, -0.1) is 0 Å². The van der Waals surface area contributed by atoms with Crippen LogP contribution >= 0.6 is 48.9 Å².